The largest absolute Gasteiger partial charge is 0.463 e. The molecule has 0 radical (unpaired) electrons. The first-order chi connectivity index (χ1) is 12.0. The Morgan fingerprint density at radius 3 is 2.68 bits per heavy atom. The van der Waals surface area contributed by atoms with Gasteiger partial charge in [-0.25, -0.2) is 4.79 Å². The number of benzene rings is 1. The van der Waals surface area contributed by atoms with Gasteiger partial charge in [-0.1, -0.05) is 30.3 Å². The monoisotopic (exact) mass is 342 g/mol. The maximum Gasteiger partial charge on any atom is 0.330 e. The average molecular weight is 342 g/mol. The van der Waals surface area contributed by atoms with Gasteiger partial charge in [0, 0.05) is 19.2 Å². The van der Waals surface area contributed by atoms with Crippen LogP contribution in [0.5, 0.6) is 0 Å². The maximum absolute atomic E-state index is 12.0. The molecule has 7 heteroatoms. The van der Waals surface area contributed by atoms with Crippen LogP contribution in [0.2, 0.25) is 0 Å². The molecule has 1 aliphatic heterocycles. The molecule has 0 unspecified atom stereocenters. The number of rotatable bonds is 5. The van der Waals surface area contributed by atoms with Crippen LogP contribution in [0.3, 0.4) is 0 Å². The van der Waals surface area contributed by atoms with Gasteiger partial charge >= 0.3 is 11.7 Å². The van der Waals surface area contributed by atoms with Crippen LogP contribution in [0.4, 0.5) is 0 Å². The predicted octanol–water partition coefficient (Wildman–Crippen LogP) is 1.17. The first-order valence-corrected chi connectivity index (χ1v) is 7.88. The Balaban J connectivity index is 1.87. The number of nitrogens with one attached hydrogen (secondary N) is 1. The molecule has 0 amide bonds. The van der Waals surface area contributed by atoms with E-state index in [9.17, 15) is 14.4 Å². The van der Waals surface area contributed by atoms with Crippen molar-refractivity contribution in [1.82, 2.24) is 9.55 Å². The molecule has 1 aliphatic rings. The number of carbonyl (C=O) groups excluding carboxylic acids is 1. The summed E-state index contributed by atoms with van der Waals surface area (Å²) in [5.41, 5.74) is 0.973. The first kappa shape index (κ1) is 16.9. The molecule has 0 fully saturated rings. The van der Waals surface area contributed by atoms with E-state index < -0.39 is 29.6 Å². The van der Waals surface area contributed by atoms with E-state index in [1.165, 1.54) is 23.8 Å². The molecule has 1 aromatic carbocycles. The molecule has 0 bridgehead atoms. The minimum absolute atomic E-state index is 0.0720. The summed E-state index contributed by atoms with van der Waals surface area (Å²) < 4.78 is 12.2. The molecule has 25 heavy (non-hydrogen) atoms. The van der Waals surface area contributed by atoms with Gasteiger partial charge in [-0.2, -0.15) is 0 Å². The highest BCUT2D eigenvalue weighted by Gasteiger charge is 2.29. The zero-order valence-electron chi connectivity index (χ0n) is 13.7. The summed E-state index contributed by atoms with van der Waals surface area (Å²) in [6.45, 7) is 1.40. The van der Waals surface area contributed by atoms with Gasteiger partial charge in [0.1, 0.15) is 12.7 Å². The number of aromatic amines is 1. The van der Waals surface area contributed by atoms with Crippen molar-refractivity contribution in [2.24, 2.45) is 0 Å². The van der Waals surface area contributed by atoms with E-state index in [4.69, 9.17) is 9.47 Å². The Morgan fingerprint density at radius 2 is 2.00 bits per heavy atom. The summed E-state index contributed by atoms with van der Waals surface area (Å²) in [6.07, 6.45) is 2.70. The Hall–Kier alpha value is -2.93. The van der Waals surface area contributed by atoms with Crippen molar-refractivity contribution >= 4 is 5.97 Å². The second-order valence-corrected chi connectivity index (χ2v) is 5.74. The highest BCUT2D eigenvalue weighted by atomic mass is 16.6. The van der Waals surface area contributed by atoms with Crippen molar-refractivity contribution in [2.45, 2.75) is 25.7 Å². The van der Waals surface area contributed by atoms with Gasteiger partial charge < -0.3 is 9.47 Å². The lowest BCUT2D eigenvalue weighted by Gasteiger charge is -2.17. The molecule has 2 aromatic rings. The topological polar surface area (TPSA) is 90.4 Å². The molecule has 1 N–H and O–H groups in total. The number of esters is 1. The van der Waals surface area contributed by atoms with Crippen LogP contribution in [0, 0.1) is 0 Å². The van der Waals surface area contributed by atoms with Gasteiger partial charge in [0.05, 0.1) is 0 Å². The maximum atomic E-state index is 12.0. The first-order valence-electron chi connectivity index (χ1n) is 7.88. The van der Waals surface area contributed by atoms with Crippen LogP contribution in [0.25, 0.3) is 0 Å². The fraction of sp³-hybridized carbons (Fsp3) is 0.278. The van der Waals surface area contributed by atoms with Crippen LogP contribution in [-0.4, -0.2) is 28.2 Å². The highest BCUT2D eigenvalue weighted by Crippen LogP contribution is 2.28. The molecule has 2 atom stereocenters. The van der Waals surface area contributed by atoms with Gasteiger partial charge in [-0.3, -0.25) is 19.1 Å². The lowest BCUT2D eigenvalue weighted by atomic mass is 10.0. The summed E-state index contributed by atoms with van der Waals surface area (Å²) >= 11 is 0. The van der Waals surface area contributed by atoms with E-state index in [2.05, 4.69) is 4.98 Å². The van der Waals surface area contributed by atoms with Gasteiger partial charge in [0.25, 0.3) is 5.56 Å². The standard InChI is InChI=1S/C18H18N2O5/c1-12(21)24-11-15-14(9-13-5-3-2-4-6-13)10-17(25-15)20-8-7-16(22)19-18(20)23/h2-8,10,15,17H,9,11H2,1H3,(H,19,22,23)/t15-,17-/m1/s1. The Kier molecular flexibility index (Phi) is 4.95. The predicted molar refractivity (Wildman–Crippen MR) is 90.1 cm³/mol. The van der Waals surface area contributed by atoms with E-state index >= 15 is 0 Å². The van der Waals surface area contributed by atoms with Crippen molar-refractivity contribution in [2.75, 3.05) is 6.61 Å². The summed E-state index contributed by atoms with van der Waals surface area (Å²) in [5.74, 6) is -0.396. The lowest BCUT2D eigenvalue weighted by molar-refractivity contribution is -0.145. The molecule has 3 rings (SSSR count). The van der Waals surface area contributed by atoms with E-state index in [-0.39, 0.29) is 6.61 Å². The summed E-state index contributed by atoms with van der Waals surface area (Å²) in [5, 5.41) is 0. The number of aromatic nitrogens is 2. The smallest absolute Gasteiger partial charge is 0.330 e. The van der Waals surface area contributed by atoms with E-state index in [0.717, 1.165) is 11.1 Å². The van der Waals surface area contributed by atoms with Crippen molar-refractivity contribution in [3.05, 3.63) is 80.6 Å². The number of ether oxygens (including phenoxy) is 2. The van der Waals surface area contributed by atoms with E-state index in [0.29, 0.717) is 6.42 Å². The second-order valence-electron chi connectivity index (χ2n) is 5.74. The van der Waals surface area contributed by atoms with Crippen molar-refractivity contribution < 1.29 is 14.3 Å². The third-order valence-electron chi connectivity index (χ3n) is 3.89. The normalized spacial score (nSPS) is 19.5. The van der Waals surface area contributed by atoms with Gasteiger partial charge in [0.2, 0.25) is 0 Å². The molecule has 0 spiro atoms. The number of nitrogens with zero attached hydrogens (tertiary/aromatic N) is 1. The van der Waals surface area contributed by atoms with Crippen molar-refractivity contribution in [1.29, 1.82) is 0 Å². The molecular weight excluding hydrogens is 324 g/mol. The zero-order valence-corrected chi connectivity index (χ0v) is 13.7. The van der Waals surface area contributed by atoms with Crippen LogP contribution in [0.1, 0.15) is 18.7 Å². The van der Waals surface area contributed by atoms with Crippen LogP contribution < -0.4 is 11.2 Å². The third kappa shape index (κ3) is 4.13. The van der Waals surface area contributed by atoms with Crippen molar-refractivity contribution in [3.63, 3.8) is 0 Å². The van der Waals surface area contributed by atoms with Crippen LogP contribution in [-0.2, 0) is 20.7 Å². The molecule has 0 saturated carbocycles. The summed E-state index contributed by atoms with van der Waals surface area (Å²) in [6, 6.07) is 11.1. The summed E-state index contributed by atoms with van der Waals surface area (Å²) in [7, 11) is 0. The molecule has 1 aromatic heterocycles. The van der Waals surface area contributed by atoms with Crippen LogP contribution in [0.15, 0.2) is 63.8 Å². The highest BCUT2D eigenvalue weighted by molar-refractivity contribution is 5.65. The number of hydrogen-bond donors (Lipinski definition) is 1. The molecule has 7 nitrogen and oxygen atoms in total. The number of H-pyrrole nitrogens is 1. The quantitative estimate of drug-likeness (QED) is 0.651. The minimum atomic E-state index is -0.663. The molecule has 2 heterocycles. The fourth-order valence-corrected chi connectivity index (χ4v) is 2.70. The molecular formula is C18H18N2O5. The zero-order chi connectivity index (χ0) is 17.8. The molecule has 0 saturated heterocycles. The average Bonchev–Trinajstić information content (AvgIpc) is 2.96. The second kappa shape index (κ2) is 7.31. The SMILES string of the molecule is CC(=O)OC[C@H]1O[C@@H](n2ccc(=O)[nH]c2=O)C=C1Cc1ccccc1. The summed E-state index contributed by atoms with van der Waals surface area (Å²) in [4.78, 5) is 36.5. The number of carbonyl (C=O) groups is 1. The van der Waals surface area contributed by atoms with Crippen molar-refractivity contribution in [3.8, 4) is 0 Å². The van der Waals surface area contributed by atoms with Gasteiger partial charge in [-0.15, -0.1) is 0 Å². The Morgan fingerprint density at radius 1 is 1.24 bits per heavy atom. The van der Waals surface area contributed by atoms with Gasteiger partial charge in [0.15, 0.2) is 6.23 Å². The van der Waals surface area contributed by atoms with Gasteiger partial charge in [-0.05, 0) is 23.6 Å². The molecule has 0 aliphatic carbocycles. The Bertz CT molecular complexity index is 897. The lowest BCUT2D eigenvalue weighted by Crippen LogP contribution is -2.32. The fourth-order valence-electron chi connectivity index (χ4n) is 2.70. The van der Waals surface area contributed by atoms with E-state index in [1.807, 2.05) is 36.4 Å². The number of hydrogen-bond acceptors (Lipinski definition) is 5. The molecule has 130 valence electrons. The van der Waals surface area contributed by atoms with E-state index in [1.54, 1.807) is 0 Å². The minimum Gasteiger partial charge on any atom is -0.463 e. The Labute approximate surface area is 143 Å². The third-order valence-corrected chi connectivity index (χ3v) is 3.89. The van der Waals surface area contributed by atoms with Crippen LogP contribution >= 0.6 is 0 Å².